The highest BCUT2D eigenvalue weighted by Gasteiger charge is 2.52. The molecule has 0 spiro atoms. The third-order valence-electron chi connectivity index (χ3n) is 3.76. The van der Waals surface area contributed by atoms with Crippen molar-refractivity contribution >= 4 is 13.2 Å². The highest BCUT2D eigenvalue weighted by molar-refractivity contribution is 7.68. The van der Waals surface area contributed by atoms with Gasteiger partial charge in [0, 0.05) is 18.1 Å². The molecule has 2 atom stereocenters. The molecule has 18 heavy (non-hydrogen) atoms. The number of aromatic nitrogens is 1. The summed E-state index contributed by atoms with van der Waals surface area (Å²) in [6, 6.07) is 4.33. The van der Waals surface area contributed by atoms with Crippen molar-refractivity contribution < 1.29 is 0 Å². The smallest absolute Gasteiger partial charge is 0.0346 e. The predicted octanol–water partition coefficient (Wildman–Crippen LogP) is 4.02. The Hall–Kier alpha value is -0.940. The Labute approximate surface area is 111 Å². The van der Waals surface area contributed by atoms with E-state index in [4.69, 9.17) is 0 Å². The first kappa shape index (κ1) is 12.1. The first-order valence-corrected chi connectivity index (χ1v) is 8.09. The largest absolute Gasteiger partial charge is 0.264 e. The van der Waals surface area contributed by atoms with Crippen LogP contribution in [0.1, 0.15) is 34.1 Å². The first-order chi connectivity index (χ1) is 8.54. The van der Waals surface area contributed by atoms with Gasteiger partial charge in [-0.15, -0.1) is 0 Å². The van der Waals surface area contributed by atoms with E-state index in [2.05, 4.69) is 57.1 Å². The Balaban J connectivity index is 1.96. The lowest BCUT2D eigenvalue weighted by Crippen LogP contribution is -2.22. The van der Waals surface area contributed by atoms with Crippen LogP contribution in [-0.4, -0.2) is 15.8 Å². The van der Waals surface area contributed by atoms with Gasteiger partial charge >= 0.3 is 0 Å². The summed E-state index contributed by atoms with van der Waals surface area (Å²) in [5.41, 5.74) is 5.65. The molecule has 1 saturated carbocycles. The average molecular weight is 257 g/mol. The molecule has 0 radical (unpaired) electrons. The standard InChI is InChI=1S/C16H20NP/c1-5-11-9-13-14(11)15(13)18(16(2,3)4)12-7-6-8-17-10-12/h6-10,15H,5H2,1-4H3. The lowest BCUT2D eigenvalue weighted by Gasteiger charge is -2.31. The second-order valence-corrected chi connectivity index (χ2v) is 9.16. The molecule has 0 bridgehead atoms. The van der Waals surface area contributed by atoms with Gasteiger partial charge in [0.05, 0.1) is 0 Å². The monoisotopic (exact) mass is 257 g/mol. The zero-order valence-corrected chi connectivity index (χ0v) is 12.5. The van der Waals surface area contributed by atoms with Gasteiger partial charge in [-0.25, -0.2) is 0 Å². The van der Waals surface area contributed by atoms with E-state index < -0.39 is 0 Å². The molecule has 2 aliphatic carbocycles. The third-order valence-corrected chi connectivity index (χ3v) is 7.08. The minimum absolute atomic E-state index is 0.182. The summed E-state index contributed by atoms with van der Waals surface area (Å²) in [7, 11) is -0.182. The minimum atomic E-state index is -0.182. The van der Waals surface area contributed by atoms with Gasteiger partial charge in [-0.3, -0.25) is 4.98 Å². The summed E-state index contributed by atoms with van der Waals surface area (Å²) in [6.07, 6.45) is 7.55. The van der Waals surface area contributed by atoms with Crippen LogP contribution in [0.25, 0.3) is 0 Å². The number of allylic oxidation sites excluding steroid dienone is 4. The van der Waals surface area contributed by atoms with E-state index in [1.54, 1.807) is 16.7 Å². The van der Waals surface area contributed by atoms with Gasteiger partial charge in [0.15, 0.2) is 0 Å². The molecule has 2 aliphatic rings. The van der Waals surface area contributed by atoms with Gasteiger partial charge in [0.1, 0.15) is 0 Å². The number of pyridine rings is 1. The van der Waals surface area contributed by atoms with Crippen molar-refractivity contribution in [1.82, 2.24) is 4.98 Å². The van der Waals surface area contributed by atoms with Gasteiger partial charge in [0.25, 0.3) is 0 Å². The summed E-state index contributed by atoms with van der Waals surface area (Å²) in [6.45, 7) is 9.37. The molecular weight excluding hydrogens is 237 g/mol. The van der Waals surface area contributed by atoms with Crippen LogP contribution in [0.4, 0.5) is 0 Å². The number of hydrogen-bond acceptors (Lipinski definition) is 1. The SMILES string of the molecule is CCC1=C2C(=C1)C2P(c1cccnc1)C(C)(C)C. The fourth-order valence-corrected chi connectivity index (χ4v) is 6.19. The van der Waals surface area contributed by atoms with Gasteiger partial charge in [0.2, 0.25) is 0 Å². The molecule has 1 heterocycles. The van der Waals surface area contributed by atoms with E-state index in [9.17, 15) is 0 Å². The van der Waals surface area contributed by atoms with Crippen LogP contribution in [0.3, 0.4) is 0 Å². The van der Waals surface area contributed by atoms with Crippen LogP contribution < -0.4 is 5.30 Å². The van der Waals surface area contributed by atoms with E-state index >= 15 is 0 Å². The maximum Gasteiger partial charge on any atom is 0.0346 e. The fraction of sp³-hybridized carbons (Fsp3) is 0.438. The molecule has 1 nitrogen and oxygen atoms in total. The summed E-state index contributed by atoms with van der Waals surface area (Å²) in [5, 5.41) is 1.79. The van der Waals surface area contributed by atoms with Crippen LogP contribution in [-0.2, 0) is 0 Å². The quantitative estimate of drug-likeness (QED) is 0.745. The lowest BCUT2D eigenvalue weighted by atomic mass is 10.1. The molecule has 1 aromatic rings. The molecule has 1 fully saturated rings. The van der Waals surface area contributed by atoms with Crippen LogP contribution >= 0.6 is 7.92 Å². The summed E-state index contributed by atoms with van der Waals surface area (Å²) in [5.74, 6) is 0. The maximum atomic E-state index is 4.32. The zero-order valence-electron chi connectivity index (χ0n) is 11.6. The molecule has 3 rings (SSSR count). The van der Waals surface area contributed by atoms with E-state index in [-0.39, 0.29) is 7.92 Å². The van der Waals surface area contributed by atoms with Crippen molar-refractivity contribution in [3.8, 4) is 0 Å². The van der Waals surface area contributed by atoms with Gasteiger partial charge in [-0.1, -0.05) is 47.8 Å². The summed E-state index contributed by atoms with van der Waals surface area (Å²) >= 11 is 0. The normalized spacial score (nSPS) is 23.1. The Bertz CT molecular complexity index is 534. The molecule has 0 amide bonds. The van der Waals surface area contributed by atoms with E-state index in [1.807, 2.05) is 6.20 Å². The molecule has 94 valence electrons. The van der Waals surface area contributed by atoms with E-state index in [1.165, 1.54) is 11.7 Å². The van der Waals surface area contributed by atoms with Crippen LogP contribution in [0.5, 0.6) is 0 Å². The molecule has 2 heteroatoms. The van der Waals surface area contributed by atoms with Crippen LogP contribution in [0.15, 0.2) is 47.3 Å². The Morgan fingerprint density at radius 3 is 2.61 bits per heavy atom. The Morgan fingerprint density at radius 2 is 2.11 bits per heavy atom. The fourth-order valence-electron chi connectivity index (χ4n) is 2.91. The van der Waals surface area contributed by atoms with Crippen molar-refractivity contribution in [2.24, 2.45) is 0 Å². The van der Waals surface area contributed by atoms with Crippen LogP contribution in [0, 0.1) is 0 Å². The lowest BCUT2D eigenvalue weighted by molar-refractivity contribution is 0.787. The van der Waals surface area contributed by atoms with Crippen molar-refractivity contribution in [3.05, 3.63) is 47.3 Å². The summed E-state index contributed by atoms with van der Waals surface area (Å²) in [4.78, 5) is 4.32. The highest BCUT2D eigenvalue weighted by Crippen LogP contribution is 2.70. The molecule has 0 N–H and O–H groups in total. The van der Waals surface area contributed by atoms with Crippen molar-refractivity contribution in [1.29, 1.82) is 0 Å². The zero-order chi connectivity index (χ0) is 12.9. The molecule has 0 aliphatic heterocycles. The number of hydrogen-bond donors (Lipinski definition) is 0. The second kappa shape index (κ2) is 4.03. The van der Waals surface area contributed by atoms with Gasteiger partial charge < -0.3 is 0 Å². The predicted molar refractivity (Wildman–Crippen MR) is 79.7 cm³/mol. The van der Waals surface area contributed by atoms with E-state index in [0.717, 1.165) is 5.66 Å². The Kier molecular flexibility index (Phi) is 2.71. The van der Waals surface area contributed by atoms with Gasteiger partial charge in [-0.2, -0.15) is 0 Å². The minimum Gasteiger partial charge on any atom is -0.264 e. The van der Waals surface area contributed by atoms with Crippen LogP contribution in [0.2, 0.25) is 0 Å². The number of rotatable bonds is 3. The second-order valence-electron chi connectivity index (χ2n) is 6.05. The maximum absolute atomic E-state index is 4.32. The third kappa shape index (κ3) is 1.77. The molecule has 0 aromatic carbocycles. The van der Waals surface area contributed by atoms with E-state index in [0.29, 0.717) is 5.16 Å². The van der Waals surface area contributed by atoms with Crippen molar-refractivity contribution in [3.63, 3.8) is 0 Å². The first-order valence-electron chi connectivity index (χ1n) is 6.68. The Morgan fingerprint density at radius 1 is 1.33 bits per heavy atom. The van der Waals surface area contributed by atoms with Crippen molar-refractivity contribution in [2.75, 3.05) is 0 Å². The molecule has 0 saturated heterocycles. The molecule has 2 unspecified atom stereocenters. The average Bonchev–Trinajstić information content (AvgIpc) is 2.83. The van der Waals surface area contributed by atoms with Crippen molar-refractivity contribution in [2.45, 2.75) is 44.9 Å². The highest BCUT2D eigenvalue weighted by atomic mass is 31.1. The summed E-state index contributed by atoms with van der Waals surface area (Å²) < 4.78 is 0. The molecular formula is C16H20NP. The molecule has 1 aromatic heterocycles. The topological polar surface area (TPSA) is 12.9 Å². The number of fused-ring (bicyclic) bond motifs is 1. The van der Waals surface area contributed by atoms with Gasteiger partial charge in [-0.05, 0) is 39.7 Å². The number of nitrogens with zero attached hydrogens (tertiary/aromatic N) is 1.